The molecule has 0 aliphatic carbocycles. The van der Waals surface area contributed by atoms with Crippen LogP contribution in [-0.2, 0) is 9.59 Å². The van der Waals surface area contributed by atoms with Crippen molar-refractivity contribution in [3.8, 4) is 0 Å². The molecule has 2 N–H and O–H groups in total. The molecule has 1 amide bonds. The first kappa shape index (κ1) is 16.2. The minimum absolute atomic E-state index is 0.0398. The fourth-order valence-corrected chi connectivity index (χ4v) is 3.52. The van der Waals surface area contributed by atoms with Crippen LogP contribution in [0, 0.1) is 5.41 Å². The van der Waals surface area contributed by atoms with Crippen LogP contribution in [0.3, 0.4) is 0 Å². The van der Waals surface area contributed by atoms with Crippen molar-refractivity contribution in [2.45, 2.75) is 37.6 Å². The van der Waals surface area contributed by atoms with Gasteiger partial charge in [-0.15, -0.1) is 11.8 Å². The van der Waals surface area contributed by atoms with E-state index >= 15 is 0 Å². The second kappa shape index (κ2) is 6.28. The van der Waals surface area contributed by atoms with Gasteiger partial charge in [-0.05, 0) is 44.0 Å². The maximum Gasteiger partial charge on any atom is 0.309 e. The predicted molar refractivity (Wildman–Crippen MR) is 83.7 cm³/mol. The van der Waals surface area contributed by atoms with E-state index in [1.165, 1.54) is 0 Å². The molecule has 0 saturated heterocycles. The molecule has 2 rings (SSSR count). The minimum Gasteiger partial charge on any atom is -0.481 e. The van der Waals surface area contributed by atoms with E-state index in [9.17, 15) is 9.59 Å². The smallest absolute Gasteiger partial charge is 0.309 e. The van der Waals surface area contributed by atoms with E-state index in [1.54, 1.807) is 25.6 Å². The summed E-state index contributed by atoms with van der Waals surface area (Å²) in [7, 11) is 0. The van der Waals surface area contributed by atoms with Gasteiger partial charge in [-0.3, -0.25) is 9.59 Å². The van der Waals surface area contributed by atoms with Gasteiger partial charge in [-0.2, -0.15) is 0 Å². The van der Waals surface area contributed by atoms with Gasteiger partial charge in [0.2, 0.25) is 5.91 Å². The van der Waals surface area contributed by atoms with E-state index in [0.717, 1.165) is 22.6 Å². The van der Waals surface area contributed by atoms with Gasteiger partial charge in [-0.25, -0.2) is 0 Å². The number of carboxylic acid groups (broad SMARTS) is 1. The molecule has 1 aliphatic heterocycles. The van der Waals surface area contributed by atoms with Gasteiger partial charge >= 0.3 is 5.97 Å². The molecule has 0 bridgehead atoms. The normalized spacial score (nSPS) is 18.0. The van der Waals surface area contributed by atoms with E-state index in [2.05, 4.69) is 5.32 Å². The number of hydrogen-bond acceptors (Lipinski definition) is 3. The molecule has 1 aromatic carbocycles. The quantitative estimate of drug-likeness (QED) is 0.888. The molecule has 0 saturated carbocycles. The van der Waals surface area contributed by atoms with Gasteiger partial charge in [0, 0.05) is 22.1 Å². The van der Waals surface area contributed by atoms with Crippen molar-refractivity contribution in [3.63, 3.8) is 0 Å². The molecule has 0 aromatic heterocycles. The molecule has 1 aromatic rings. The summed E-state index contributed by atoms with van der Waals surface area (Å²) in [4.78, 5) is 24.3. The zero-order valence-electron chi connectivity index (χ0n) is 12.0. The van der Waals surface area contributed by atoms with Crippen LogP contribution in [0.1, 0.15) is 38.3 Å². The Kier molecular flexibility index (Phi) is 4.84. The number of aliphatic carboxylic acids is 1. The average molecular weight is 328 g/mol. The Bertz CT molecular complexity index is 574. The zero-order valence-corrected chi connectivity index (χ0v) is 13.6. The monoisotopic (exact) mass is 327 g/mol. The van der Waals surface area contributed by atoms with Crippen LogP contribution >= 0.6 is 23.4 Å². The third-order valence-corrected chi connectivity index (χ3v) is 4.89. The number of thioether (sulfide) groups is 1. The highest BCUT2D eigenvalue weighted by Crippen LogP contribution is 2.37. The Hall–Kier alpha value is -1.20. The highest BCUT2D eigenvalue weighted by Gasteiger charge is 2.31. The topological polar surface area (TPSA) is 66.4 Å². The van der Waals surface area contributed by atoms with Crippen LogP contribution in [0.5, 0.6) is 0 Å². The van der Waals surface area contributed by atoms with Crippen molar-refractivity contribution in [3.05, 3.63) is 28.8 Å². The number of benzene rings is 1. The van der Waals surface area contributed by atoms with Gasteiger partial charge in [-0.1, -0.05) is 11.6 Å². The Morgan fingerprint density at radius 2 is 2.19 bits per heavy atom. The lowest BCUT2D eigenvalue weighted by Gasteiger charge is -2.27. The SMILES string of the molecule is CC(C)(CC(=O)NC1CCSc2ccc(Cl)cc21)C(=O)O. The predicted octanol–water partition coefficient (Wildman–Crippen LogP) is 3.49. The first-order valence-electron chi connectivity index (χ1n) is 6.74. The minimum atomic E-state index is -1.06. The summed E-state index contributed by atoms with van der Waals surface area (Å²) in [5, 5.41) is 12.7. The van der Waals surface area contributed by atoms with Crippen molar-refractivity contribution in [2.24, 2.45) is 5.41 Å². The summed E-state index contributed by atoms with van der Waals surface area (Å²) in [6.45, 7) is 3.10. The lowest BCUT2D eigenvalue weighted by Crippen LogP contribution is -2.36. The maximum absolute atomic E-state index is 12.1. The van der Waals surface area contributed by atoms with Gasteiger partial charge in [0.15, 0.2) is 0 Å². The van der Waals surface area contributed by atoms with Crippen LogP contribution in [0.25, 0.3) is 0 Å². The number of carbonyl (C=O) groups excluding carboxylic acids is 1. The van der Waals surface area contributed by atoms with Gasteiger partial charge < -0.3 is 10.4 Å². The molecule has 1 heterocycles. The summed E-state index contributed by atoms with van der Waals surface area (Å²) in [5.41, 5.74) is -0.0507. The fourth-order valence-electron chi connectivity index (χ4n) is 2.24. The summed E-state index contributed by atoms with van der Waals surface area (Å²) < 4.78 is 0. The average Bonchev–Trinajstić information content (AvgIpc) is 2.38. The molecule has 0 fully saturated rings. The summed E-state index contributed by atoms with van der Waals surface area (Å²) in [6.07, 6.45) is 0.777. The lowest BCUT2D eigenvalue weighted by molar-refractivity contribution is -0.149. The van der Waals surface area contributed by atoms with E-state index in [4.69, 9.17) is 16.7 Å². The van der Waals surface area contributed by atoms with Crippen LogP contribution in [0.15, 0.2) is 23.1 Å². The Labute approximate surface area is 133 Å². The molecule has 1 unspecified atom stereocenters. The lowest BCUT2D eigenvalue weighted by atomic mass is 9.89. The van der Waals surface area contributed by atoms with Crippen molar-refractivity contribution in [1.29, 1.82) is 0 Å². The first-order chi connectivity index (χ1) is 9.79. The van der Waals surface area contributed by atoms with Crippen LogP contribution in [-0.4, -0.2) is 22.7 Å². The zero-order chi connectivity index (χ0) is 15.6. The summed E-state index contributed by atoms with van der Waals surface area (Å²) in [5.74, 6) is -0.299. The van der Waals surface area contributed by atoms with Crippen LogP contribution in [0.4, 0.5) is 0 Å². The third kappa shape index (κ3) is 3.92. The molecule has 21 heavy (non-hydrogen) atoms. The number of carbonyl (C=O) groups is 2. The van der Waals surface area contributed by atoms with Crippen molar-refractivity contribution >= 4 is 35.2 Å². The second-order valence-corrected chi connectivity index (χ2v) is 7.38. The molecular formula is C15H18ClNO3S. The number of nitrogens with one attached hydrogen (secondary N) is 1. The van der Waals surface area contributed by atoms with Gasteiger partial charge in [0.05, 0.1) is 11.5 Å². The number of hydrogen-bond donors (Lipinski definition) is 2. The van der Waals surface area contributed by atoms with Crippen molar-refractivity contribution in [1.82, 2.24) is 5.32 Å². The number of carboxylic acids is 1. The largest absolute Gasteiger partial charge is 0.481 e. The van der Waals surface area contributed by atoms with Crippen LogP contribution < -0.4 is 5.32 Å². The fraction of sp³-hybridized carbons (Fsp3) is 0.467. The Balaban J connectivity index is 2.10. The molecule has 6 heteroatoms. The van der Waals surface area contributed by atoms with Crippen molar-refractivity contribution in [2.75, 3.05) is 5.75 Å². The number of fused-ring (bicyclic) bond motifs is 1. The Morgan fingerprint density at radius 1 is 1.48 bits per heavy atom. The third-order valence-electron chi connectivity index (χ3n) is 3.53. The summed E-state index contributed by atoms with van der Waals surface area (Å²) in [6, 6.07) is 5.57. The van der Waals surface area contributed by atoms with Crippen LogP contribution in [0.2, 0.25) is 5.02 Å². The van der Waals surface area contributed by atoms with E-state index in [-0.39, 0.29) is 18.4 Å². The van der Waals surface area contributed by atoms with E-state index < -0.39 is 11.4 Å². The molecule has 1 aliphatic rings. The van der Waals surface area contributed by atoms with Crippen molar-refractivity contribution < 1.29 is 14.7 Å². The van der Waals surface area contributed by atoms with E-state index in [1.807, 2.05) is 18.2 Å². The second-order valence-electron chi connectivity index (χ2n) is 5.81. The molecule has 0 spiro atoms. The van der Waals surface area contributed by atoms with E-state index in [0.29, 0.717) is 5.02 Å². The summed E-state index contributed by atoms with van der Waals surface area (Å²) >= 11 is 7.77. The first-order valence-corrected chi connectivity index (χ1v) is 8.11. The molecule has 114 valence electrons. The highest BCUT2D eigenvalue weighted by atomic mass is 35.5. The van der Waals surface area contributed by atoms with Gasteiger partial charge in [0.1, 0.15) is 0 Å². The van der Waals surface area contributed by atoms with Gasteiger partial charge in [0.25, 0.3) is 0 Å². The molecule has 4 nitrogen and oxygen atoms in total. The Morgan fingerprint density at radius 3 is 2.86 bits per heavy atom. The maximum atomic E-state index is 12.1. The molecular weight excluding hydrogens is 310 g/mol. The number of halogens is 1. The number of amides is 1. The number of rotatable bonds is 4. The molecule has 0 radical (unpaired) electrons. The molecule has 1 atom stereocenters. The highest BCUT2D eigenvalue weighted by molar-refractivity contribution is 7.99. The standard InChI is InChI=1S/C15H18ClNO3S/c1-15(2,14(19)20)8-13(18)17-11-5-6-21-12-4-3-9(16)7-10(11)12/h3-4,7,11H,5-6,8H2,1-2H3,(H,17,18)(H,19,20).